The molecule has 2 aromatic rings. The minimum atomic E-state index is -0.548. The Morgan fingerprint density at radius 1 is 0.967 bits per heavy atom. The Morgan fingerprint density at radius 3 is 2.30 bits per heavy atom. The third-order valence-electron chi connectivity index (χ3n) is 4.65. The maximum Gasteiger partial charge on any atom is 0.146 e. The number of aliphatic hydroxyl groups is 1. The summed E-state index contributed by atoms with van der Waals surface area (Å²) in [6, 6.07) is 14.5. The molecule has 2 aromatic carbocycles. The summed E-state index contributed by atoms with van der Waals surface area (Å²) in [5, 5.41) is 10.2. The van der Waals surface area contributed by atoms with Crippen molar-refractivity contribution < 1.29 is 19.0 Å². The van der Waals surface area contributed by atoms with Gasteiger partial charge in [-0.25, -0.2) is 4.39 Å². The van der Waals surface area contributed by atoms with Crippen LogP contribution in [0.15, 0.2) is 53.0 Å². The van der Waals surface area contributed by atoms with E-state index in [4.69, 9.17) is 9.47 Å². The number of hydrogen-bond acceptors (Lipinski definition) is 5. The van der Waals surface area contributed by atoms with E-state index in [1.807, 2.05) is 41.3 Å². The van der Waals surface area contributed by atoms with Crippen LogP contribution in [0.2, 0.25) is 0 Å². The van der Waals surface area contributed by atoms with E-state index < -0.39 is 6.10 Å². The zero-order chi connectivity index (χ0) is 19.8. The second kappa shape index (κ2) is 14.1. The van der Waals surface area contributed by atoms with E-state index in [0.29, 0.717) is 25.4 Å². The topological polar surface area (TPSA) is 45.2 Å². The molecule has 1 aliphatic heterocycles. The van der Waals surface area contributed by atoms with E-state index in [-0.39, 0.29) is 37.2 Å². The fourth-order valence-corrected chi connectivity index (χ4v) is 3.46. The minimum absolute atomic E-state index is 0. The van der Waals surface area contributed by atoms with Gasteiger partial charge >= 0.3 is 0 Å². The van der Waals surface area contributed by atoms with Gasteiger partial charge in [-0.15, -0.1) is 24.8 Å². The average Bonchev–Trinajstić information content (AvgIpc) is 2.70. The highest BCUT2D eigenvalue weighted by Crippen LogP contribution is 2.20. The number of hydrogen-bond donors (Lipinski definition) is 1. The third-order valence-corrected chi connectivity index (χ3v) is 5.18. The second-order valence-electron chi connectivity index (χ2n) is 6.77. The molecule has 0 aromatic heterocycles. The van der Waals surface area contributed by atoms with Crippen LogP contribution >= 0.6 is 40.7 Å². The monoisotopic (exact) mass is 524 g/mol. The van der Waals surface area contributed by atoms with Crippen molar-refractivity contribution in [2.75, 3.05) is 57.4 Å². The third kappa shape index (κ3) is 8.57. The first-order chi connectivity index (χ1) is 13.6. The first-order valence-electron chi connectivity index (χ1n) is 9.48. The Hall–Kier alpha value is -1.09. The van der Waals surface area contributed by atoms with Crippen LogP contribution in [-0.2, 0) is 4.74 Å². The Balaban J connectivity index is 0.00000225. The lowest BCUT2D eigenvalue weighted by Gasteiger charge is -2.36. The van der Waals surface area contributed by atoms with Crippen LogP contribution in [0.3, 0.4) is 0 Å². The molecule has 1 atom stereocenters. The van der Waals surface area contributed by atoms with Gasteiger partial charge in [0.1, 0.15) is 18.2 Å². The van der Waals surface area contributed by atoms with Crippen molar-refractivity contribution >= 4 is 46.4 Å². The van der Waals surface area contributed by atoms with Gasteiger partial charge in [-0.3, -0.25) is 4.90 Å². The number of ether oxygens (including phenoxy) is 2. The van der Waals surface area contributed by atoms with Gasteiger partial charge in [0.2, 0.25) is 0 Å². The molecule has 9 heteroatoms. The Kier molecular flexibility index (Phi) is 12.6. The molecule has 30 heavy (non-hydrogen) atoms. The molecule has 1 N–H and O–H groups in total. The summed E-state index contributed by atoms with van der Waals surface area (Å²) in [5.74, 6) is 0.606. The molecule has 0 spiro atoms. The molecule has 1 aliphatic rings. The van der Waals surface area contributed by atoms with E-state index in [1.54, 1.807) is 6.07 Å². The van der Waals surface area contributed by atoms with E-state index in [0.717, 1.165) is 36.4 Å². The van der Waals surface area contributed by atoms with E-state index in [9.17, 15) is 9.50 Å². The summed E-state index contributed by atoms with van der Waals surface area (Å²) in [5.41, 5.74) is 0.650. The molecule has 5 nitrogen and oxygen atoms in total. The number of rotatable bonds is 9. The van der Waals surface area contributed by atoms with Crippen molar-refractivity contribution in [3.63, 3.8) is 0 Å². The highest BCUT2D eigenvalue weighted by atomic mass is 79.9. The van der Waals surface area contributed by atoms with E-state index in [2.05, 4.69) is 20.8 Å². The van der Waals surface area contributed by atoms with E-state index >= 15 is 0 Å². The maximum absolute atomic E-state index is 13.9. The average molecular weight is 526 g/mol. The van der Waals surface area contributed by atoms with Gasteiger partial charge in [0, 0.05) is 37.2 Å². The van der Waals surface area contributed by atoms with Crippen LogP contribution in [0, 0.1) is 5.82 Å². The van der Waals surface area contributed by atoms with Crippen LogP contribution in [0.25, 0.3) is 0 Å². The summed E-state index contributed by atoms with van der Waals surface area (Å²) < 4.78 is 26.0. The molecule has 168 valence electrons. The van der Waals surface area contributed by atoms with Crippen LogP contribution in [0.5, 0.6) is 5.75 Å². The van der Waals surface area contributed by atoms with Crippen LogP contribution < -0.4 is 9.64 Å². The summed E-state index contributed by atoms with van der Waals surface area (Å²) >= 11 is 3.38. The highest BCUT2D eigenvalue weighted by Gasteiger charge is 2.21. The molecule has 0 aliphatic carbocycles. The lowest BCUT2D eigenvalue weighted by atomic mass is 10.2. The normalized spacial score (nSPS) is 15.1. The lowest BCUT2D eigenvalue weighted by Crippen LogP contribution is -2.49. The van der Waals surface area contributed by atoms with Crippen LogP contribution in [-0.4, -0.2) is 68.7 Å². The molecule has 1 saturated heterocycles. The van der Waals surface area contributed by atoms with Gasteiger partial charge in [-0.2, -0.15) is 0 Å². The van der Waals surface area contributed by atoms with Gasteiger partial charge in [-0.1, -0.05) is 28.1 Å². The molecule has 1 unspecified atom stereocenters. The number of piperazine rings is 1. The molecule has 3 rings (SSSR count). The highest BCUT2D eigenvalue weighted by molar-refractivity contribution is 9.10. The second-order valence-corrected chi connectivity index (χ2v) is 7.69. The number of β-amino-alcohol motifs (C(OH)–C–C–N with tert-alkyl or cyclic N) is 1. The number of anilines is 1. The molecule has 0 bridgehead atoms. The van der Waals surface area contributed by atoms with Gasteiger partial charge in [0.15, 0.2) is 0 Å². The van der Waals surface area contributed by atoms with Crippen molar-refractivity contribution in [3.05, 3.63) is 58.8 Å². The summed E-state index contributed by atoms with van der Waals surface area (Å²) in [6.07, 6.45) is -0.548. The first-order valence-corrected chi connectivity index (χ1v) is 10.3. The zero-order valence-corrected chi connectivity index (χ0v) is 19.8. The molecule has 1 fully saturated rings. The fraction of sp³-hybridized carbons (Fsp3) is 0.429. The number of aliphatic hydroxyl groups excluding tert-OH is 1. The molecular weight excluding hydrogens is 498 g/mol. The minimum Gasteiger partial charge on any atom is -0.491 e. The van der Waals surface area contributed by atoms with Gasteiger partial charge in [-0.05, 0) is 36.4 Å². The Bertz CT molecular complexity index is 734. The first kappa shape index (κ1) is 26.9. The summed E-state index contributed by atoms with van der Waals surface area (Å²) in [7, 11) is 0. The van der Waals surface area contributed by atoms with Gasteiger partial charge < -0.3 is 19.5 Å². The molecule has 1 heterocycles. The van der Waals surface area contributed by atoms with Crippen molar-refractivity contribution in [2.45, 2.75) is 6.10 Å². The molecule has 0 amide bonds. The summed E-state index contributed by atoms with van der Waals surface area (Å²) in [4.78, 5) is 4.23. The Morgan fingerprint density at radius 2 is 1.63 bits per heavy atom. The predicted octanol–water partition coefficient (Wildman–Crippen LogP) is 4.01. The number of halogens is 4. The fourth-order valence-electron chi connectivity index (χ4n) is 3.20. The SMILES string of the molecule is Cl.Cl.OC(COCCOc1ccc(Br)cc1)CN1CCN(c2ccccc2F)CC1. The van der Waals surface area contributed by atoms with Crippen molar-refractivity contribution in [1.29, 1.82) is 0 Å². The molecule has 0 saturated carbocycles. The lowest BCUT2D eigenvalue weighted by molar-refractivity contribution is 0.00716. The van der Waals surface area contributed by atoms with Crippen molar-refractivity contribution in [2.24, 2.45) is 0 Å². The molecule has 0 radical (unpaired) electrons. The standard InChI is InChI=1S/C21H26BrFN2O3.2ClH/c22-17-5-7-19(8-6-17)28-14-13-27-16-18(26)15-24-9-11-25(12-10-24)21-4-2-1-3-20(21)23;;/h1-8,18,26H,9-16H2;2*1H. The number of para-hydroxylation sites is 1. The molecular formula is C21H28BrCl2FN2O3. The van der Waals surface area contributed by atoms with Crippen molar-refractivity contribution in [3.8, 4) is 5.75 Å². The van der Waals surface area contributed by atoms with E-state index in [1.165, 1.54) is 6.07 Å². The van der Waals surface area contributed by atoms with Gasteiger partial charge in [0.25, 0.3) is 0 Å². The maximum atomic E-state index is 13.9. The smallest absolute Gasteiger partial charge is 0.146 e. The largest absolute Gasteiger partial charge is 0.491 e. The van der Waals surface area contributed by atoms with Crippen LogP contribution in [0.4, 0.5) is 10.1 Å². The van der Waals surface area contributed by atoms with Crippen LogP contribution in [0.1, 0.15) is 0 Å². The predicted molar refractivity (Wildman–Crippen MR) is 126 cm³/mol. The zero-order valence-electron chi connectivity index (χ0n) is 16.6. The Labute approximate surface area is 198 Å². The summed E-state index contributed by atoms with van der Waals surface area (Å²) in [6.45, 7) is 4.76. The van der Waals surface area contributed by atoms with Gasteiger partial charge in [0.05, 0.1) is 25.0 Å². The number of nitrogens with zero attached hydrogens (tertiary/aromatic N) is 2. The quantitative estimate of drug-likeness (QED) is 0.501. The number of benzene rings is 2. The van der Waals surface area contributed by atoms with Crippen molar-refractivity contribution in [1.82, 2.24) is 4.90 Å².